The topological polar surface area (TPSA) is 66.3 Å². The SMILES string of the molecule is O=C(CCn1ccc2ccccc21)N[C@H](Cc1cc(F)cc(F)c1)[C@H](O)CNCC1CC1. The number of fused-ring (bicyclic) bond motifs is 1. The van der Waals surface area contributed by atoms with Crippen molar-refractivity contribution < 1.29 is 18.7 Å². The van der Waals surface area contributed by atoms with Crippen LogP contribution < -0.4 is 10.6 Å². The average Bonchev–Trinajstić information content (AvgIpc) is 3.48. The van der Waals surface area contributed by atoms with Gasteiger partial charge < -0.3 is 20.3 Å². The number of para-hydroxylation sites is 1. The fraction of sp³-hybridized carbons (Fsp3) is 0.400. The van der Waals surface area contributed by atoms with Gasteiger partial charge in [0.15, 0.2) is 0 Å². The Labute approximate surface area is 186 Å². The van der Waals surface area contributed by atoms with E-state index in [9.17, 15) is 18.7 Å². The van der Waals surface area contributed by atoms with E-state index in [1.807, 2.05) is 41.1 Å². The third-order valence-corrected chi connectivity index (χ3v) is 5.93. The van der Waals surface area contributed by atoms with Crippen molar-refractivity contribution >= 4 is 16.8 Å². The van der Waals surface area contributed by atoms with E-state index in [-0.39, 0.29) is 18.7 Å². The highest BCUT2D eigenvalue weighted by molar-refractivity contribution is 5.80. The molecule has 1 fully saturated rings. The number of aliphatic hydroxyl groups is 1. The molecule has 1 aliphatic rings. The van der Waals surface area contributed by atoms with E-state index in [1.54, 1.807) is 0 Å². The minimum Gasteiger partial charge on any atom is -0.390 e. The van der Waals surface area contributed by atoms with E-state index in [1.165, 1.54) is 25.0 Å². The molecule has 1 aliphatic carbocycles. The second kappa shape index (κ2) is 10.2. The summed E-state index contributed by atoms with van der Waals surface area (Å²) >= 11 is 0. The predicted octanol–water partition coefficient (Wildman–Crippen LogP) is 3.40. The van der Waals surface area contributed by atoms with Crippen LogP contribution in [0.3, 0.4) is 0 Å². The zero-order valence-electron chi connectivity index (χ0n) is 17.9. The molecule has 2 atom stereocenters. The number of aromatic nitrogens is 1. The molecule has 0 radical (unpaired) electrons. The second-order valence-electron chi connectivity index (χ2n) is 8.64. The number of aliphatic hydroxyl groups excluding tert-OH is 1. The van der Waals surface area contributed by atoms with Crippen LogP contribution in [0.1, 0.15) is 24.8 Å². The third-order valence-electron chi connectivity index (χ3n) is 5.93. The summed E-state index contributed by atoms with van der Waals surface area (Å²) in [5, 5.41) is 17.9. The molecule has 0 unspecified atom stereocenters. The number of carbonyl (C=O) groups excluding carboxylic acids is 1. The van der Waals surface area contributed by atoms with Crippen LogP contribution in [-0.4, -0.2) is 40.8 Å². The summed E-state index contributed by atoms with van der Waals surface area (Å²) in [4.78, 5) is 12.7. The van der Waals surface area contributed by atoms with Gasteiger partial charge in [0.2, 0.25) is 5.91 Å². The fourth-order valence-corrected chi connectivity index (χ4v) is 4.00. The first kappa shape index (κ1) is 22.4. The Morgan fingerprint density at radius 3 is 2.62 bits per heavy atom. The standard InChI is InChI=1S/C25H29F2N3O2/c26-20-11-18(12-21(27)14-20)13-22(24(31)16-28-15-17-5-6-17)29-25(32)8-10-30-9-7-19-3-1-2-4-23(19)30/h1-4,7,9,11-12,14,17,22,24,28,31H,5-6,8,10,13,15-16H2,(H,29,32)/t22-,24-/m1/s1. The zero-order valence-corrected chi connectivity index (χ0v) is 17.9. The van der Waals surface area contributed by atoms with Gasteiger partial charge in [0, 0.05) is 37.3 Å². The zero-order chi connectivity index (χ0) is 22.5. The highest BCUT2D eigenvalue weighted by atomic mass is 19.1. The summed E-state index contributed by atoms with van der Waals surface area (Å²) in [5.41, 5.74) is 1.45. The Morgan fingerprint density at radius 1 is 1.12 bits per heavy atom. The first-order valence-electron chi connectivity index (χ1n) is 11.1. The fourth-order valence-electron chi connectivity index (χ4n) is 4.00. The molecule has 1 heterocycles. The molecule has 0 saturated heterocycles. The van der Waals surface area contributed by atoms with Crippen LogP contribution in [0.4, 0.5) is 8.78 Å². The van der Waals surface area contributed by atoms with Crippen molar-refractivity contribution in [1.29, 1.82) is 0 Å². The lowest BCUT2D eigenvalue weighted by molar-refractivity contribution is -0.122. The molecule has 4 rings (SSSR count). The molecule has 5 nitrogen and oxygen atoms in total. The number of amides is 1. The van der Waals surface area contributed by atoms with Gasteiger partial charge in [-0.15, -0.1) is 0 Å². The lowest BCUT2D eigenvalue weighted by atomic mass is 10.0. The van der Waals surface area contributed by atoms with Crippen LogP contribution in [0.2, 0.25) is 0 Å². The number of aryl methyl sites for hydroxylation is 1. The normalized spacial score (nSPS) is 15.6. The van der Waals surface area contributed by atoms with Gasteiger partial charge in [0.1, 0.15) is 11.6 Å². The molecule has 7 heteroatoms. The van der Waals surface area contributed by atoms with E-state index >= 15 is 0 Å². The number of benzene rings is 2. The maximum absolute atomic E-state index is 13.6. The Bertz CT molecular complexity index is 1040. The first-order valence-corrected chi connectivity index (χ1v) is 11.1. The lowest BCUT2D eigenvalue weighted by Gasteiger charge is -2.25. The van der Waals surface area contributed by atoms with E-state index in [0.717, 1.165) is 23.5 Å². The summed E-state index contributed by atoms with van der Waals surface area (Å²) in [7, 11) is 0. The van der Waals surface area contributed by atoms with Crippen LogP contribution in [0.15, 0.2) is 54.7 Å². The Morgan fingerprint density at radius 2 is 1.88 bits per heavy atom. The van der Waals surface area contributed by atoms with Crippen LogP contribution in [0.25, 0.3) is 10.9 Å². The van der Waals surface area contributed by atoms with Gasteiger partial charge in [-0.3, -0.25) is 4.79 Å². The number of nitrogens with one attached hydrogen (secondary N) is 2. The summed E-state index contributed by atoms with van der Waals surface area (Å²) in [6.07, 6.45) is 3.83. The molecule has 0 bridgehead atoms. The maximum atomic E-state index is 13.6. The Hall–Kier alpha value is -2.77. The maximum Gasteiger partial charge on any atom is 0.222 e. The van der Waals surface area contributed by atoms with Gasteiger partial charge in [-0.25, -0.2) is 8.78 Å². The van der Waals surface area contributed by atoms with Crippen molar-refractivity contribution in [3.63, 3.8) is 0 Å². The van der Waals surface area contributed by atoms with Crippen molar-refractivity contribution in [1.82, 2.24) is 15.2 Å². The van der Waals surface area contributed by atoms with Crippen molar-refractivity contribution in [2.75, 3.05) is 13.1 Å². The van der Waals surface area contributed by atoms with Gasteiger partial charge in [-0.2, -0.15) is 0 Å². The van der Waals surface area contributed by atoms with Gasteiger partial charge >= 0.3 is 0 Å². The van der Waals surface area contributed by atoms with Crippen molar-refractivity contribution in [2.24, 2.45) is 5.92 Å². The number of carbonyl (C=O) groups is 1. The number of halogens is 2. The lowest BCUT2D eigenvalue weighted by Crippen LogP contribution is -2.49. The van der Waals surface area contributed by atoms with Gasteiger partial charge in [-0.1, -0.05) is 18.2 Å². The molecular weight excluding hydrogens is 412 g/mol. The minimum absolute atomic E-state index is 0.138. The quantitative estimate of drug-likeness (QED) is 0.427. The molecular formula is C25H29F2N3O2. The summed E-state index contributed by atoms with van der Waals surface area (Å²) in [5.74, 6) is -0.910. The van der Waals surface area contributed by atoms with Gasteiger partial charge in [-0.05, 0) is 66.9 Å². The molecule has 3 aromatic rings. The van der Waals surface area contributed by atoms with E-state index in [4.69, 9.17) is 0 Å². The molecule has 1 aromatic heterocycles. The van der Waals surface area contributed by atoms with Crippen LogP contribution in [-0.2, 0) is 17.8 Å². The van der Waals surface area contributed by atoms with Crippen LogP contribution in [0.5, 0.6) is 0 Å². The second-order valence-corrected chi connectivity index (χ2v) is 8.64. The Kier molecular flexibility index (Phi) is 7.17. The smallest absolute Gasteiger partial charge is 0.222 e. The third kappa shape index (κ3) is 6.14. The first-order chi connectivity index (χ1) is 15.5. The predicted molar refractivity (Wildman–Crippen MR) is 120 cm³/mol. The molecule has 32 heavy (non-hydrogen) atoms. The molecule has 0 aliphatic heterocycles. The molecule has 2 aromatic carbocycles. The van der Waals surface area contributed by atoms with E-state index in [2.05, 4.69) is 10.6 Å². The number of nitrogens with zero attached hydrogens (tertiary/aromatic N) is 1. The monoisotopic (exact) mass is 441 g/mol. The average molecular weight is 442 g/mol. The van der Waals surface area contributed by atoms with Crippen molar-refractivity contribution in [3.05, 3.63) is 71.9 Å². The summed E-state index contributed by atoms with van der Waals surface area (Å²) < 4.78 is 29.3. The molecule has 1 amide bonds. The minimum atomic E-state index is -0.878. The number of hydrogen-bond acceptors (Lipinski definition) is 3. The summed E-state index contributed by atoms with van der Waals surface area (Å²) in [6.45, 7) is 1.63. The summed E-state index contributed by atoms with van der Waals surface area (Å²) in [6, 6.07) is 12.6. The molecule has 1 saturated carbocycles. The van der Waals surface area contributed by atoms with E-state index < -0.39 is 23.8 Å². The molecule has 3 N–H and O–H groups in total. The van der Waals surface area contributed by atoms with Crippen LogP contribution >= 0.6 is 0 Å². The number of rotatable bonds is 11. The van der Waals surface area contributed by atoms with Crippen molar-refractivity contribution in [3.8, 4) is 0 Å². The highest BCUT2D eigenvalue weighted by Gasteiger charge is 2.24. The van der Waals surface area contributed by atoms with Gasteiger partial charge in [0.05, 0.1) is 12.1 Å². The highest BCUT2D eigenvalue weighted by Crippen LogP contribution is 2.27. The molecule has 0 spiro atoms. The van der Waals surface area contributed by atoms with E-state index in [0.29, 0.717) is 24.6 Å². The largest absolute Gasteiger partial charge is 0.390 e. The van der Waals surface area contributed by atoms with Gasteiger partial charge in [0.25, 0.3) is 0 Å². The number of hydrogen-bond donors (Lipinski definition) is 3. The Balaban J connectivity index is 1.38. The van der Waals surface area contributed by atoms with Crippen molar-refractivity contribution in [2.45, 2.75) is 44.4 Å². The molecule has 170 valence electrons. The van der Waals surface area contributed by atoms with Crippen LogP contribution in [0, 0.1) is 17.6 Å².